The molecule has 0 fully saturated rings. The maximum Gasteiger partial charge on any atom is 0.418 e. The Morgan fingerprint density at radius 1 is 1.07 bits per heavy atom. The van der Waals surface area contributed by atoms with Crippen LogP contribution in [0.15, 0.2) is 53.4 Å². The standard InChI is InChI=1S/C20H21F3N2O2S/c1-3-25(19(27)13-28-15-10-8-14(2)9-11-15)12-18(26)24-17-7-5-4-6-16(17)20(21,22)23/h4-11H,3,12-13H2,1-2H3,(H,24,26). The van der Waals surface area contributed by atoms with Gasteiger partial charge in [-0.05, 0) is 38.1 Å². The Morgan fingerprint density at radius 3 is 2.32 bits per heavy atom. The van der Waals surface area contributed by atoms with Gasteiger partial charge in [-0.25, -0.2) is 0 Å². The zero-order valence-electron chi connectivity index (χ0n) is 15.5. The fourth-order valence-corrected chi connectivity index (χ4v) is 3.25. The first kappa shape index (κ1) is 21.8. The third kappa shape index (κ3) is 6.30. The second-order valence-corrected chi connectivity index (χ2v) is 7.15. The highest BCUT2D eigenvalue weighted by Crippen LogP contribution is 2.34. The van der Waals surface area contributed by atoms with E-state index in [0.29, 0.717) is 0 Å². The van der Waals surface area contributed by atoms with Gasteiger partial charge in [0, 0.05) is 11.4 Å². The van der Waals surface area contributed by atoms with E-state index in [-0.39, 0.29) is 30.4 Å². The van der Waals surface area contributed by atoms with Crippen LogP contribution in [0.3, 0.4) is 0 Å². The molecular formula is C20H21F3N2O2S. The monoisotopic (exact) mass is 410 g/mol. The van der Waals surface area contributed by atoms with Crippen molar-refractivity contribution in [2.75, 3.05) is 24.2 Å². The average Bonchev–Trinajstić information content (AvgIpc) is 2.65. The number of carbonyl (C=O) groups excluding carboxylic acids is 2. The van der Waals surface area contributed by atoms with Gasteiger partial charge in [-0.3, -0.25) is 9.59 Å². The van der Waals surface area contributed by atoms with Crippen molar-refractivity contribution in [3.8, 4) is 0 Å². The number of nitrogens with zero attached hydrogens (tertiary/aromatic N) is 1. The number of hydrogen-bond acceptors (Lipinski definition) is 3. The lowest BCUT2D eigenvalue weighted by Gasteiger charge is -2.21. The number of para-hydroxylation sites is 1. The fraction of sp³-hybridized carbons (Fsp3) is 0.300. The van der Waals surface area contributed by atoms with E-state index in [2.05, 4.69) is 5.32 Å². The number of hydrogen-bond donors (Lipinski definition) is 1. The molecule has 0 atom stereocenters. The summed E-state index contributed by atoms with van der Waals surface area (Å²) in [5.41, 5.74) is -0.133. The third-order valence-corrected chi connectivity index (χ3v) is 4.96. The lowest BCUT2D eigenvalue weighted by Crippen LogP contribution is -2.39. The van der Waals surface area contributed by atoms with Crippen molar-refractivity contribution >= 4 is 29.3 Å². The van der Waals surface area contributed by atoms with Crippen LogP contribution in [0.4, 0.5) is 18.9 Å². The molecule has 0 aliphatic rings. The summed E-state index contributed by atoms with van der Waals surface area (Å²) < 4.78 is 39.1. The summed E-state index contributed by atoms with van der Waals surface area (Å²) in [5.74, 6) is -0.789. The summed E-state index contributed by atoms with van der Waals surface area (Å²) >= 11 is 1.35. The molecule has 0 saturated carbocycles. The van der Waals surface area contributed by atoms with E-state index in [9.17, 15) is 22.8 Å². The van der Waals surface area contributed by atoms with Crippen molar-refractivity contribution in [2.24, 2.45) is 0 Å². The first-order valence-corrected chi connectivity index (χ1v) is 9.62. The molecule has 2 aromatic rings. The number of aryl methyl sites for hydroxylation is 1. The van der Waals surface area contributed by atoms with Crippen molar-refractivity contribution in [1.82, 2.24) is 4.90 Å². The summed E-state index contributed by atoms with van der Waals surface area (Å²) in [5, 5.41) is 2.26. The van der Waals surface area contributed by atoms with Gasteiger partial charge in [-0.1, -0.05) is 29.8 Å². The molecular weight excluding hydrogens is 389 g/mol. The Balaban J connectivity index is 1.95. The fourth-order valence-electron chi connectivity index (χ4n) is 2.45. The molecule has 1 N–H and O–H groups in total. The molecule has 4 nitrogen and oxygen atoms in total. The van der Waals surface area contributed by atoms with Crippen molar-refractivity contribution in [3.63, 3.8) is 0 Å². The van der Waals surface area contributed by atoms with Gasteiger partial charge in [0.2, 0.25) is 11.8 Å². The topological polar surface area (TPSA) is 49.4 Å². The molecule has 28 heavy (non-hydrogen) atoms. The molecule has 0 aromatic heterocycles. The van der Waals surface area contributed by atoms with Gasteiger partial charge in [-0.2, -0.15) is 13.2 Å². The molecule has 2 rings (SSSR count). The molecule has 0 spiro atoms. The highest BCUT2D eigenvalue weighted by Gasteiger charge is 2.33. The molecule has 2 aromatic carbocycles. The van der Waals surface area contributed by atoms with Crippen molar-refractivity contribution in [1.29, 1.82) is 0 Å². The molecule has 0 unspecified atom stereocenters. The van der Waals surface area contributed by atoms with Crippen molar-refractivity contribution < 1.29 is 22.8 Å². The molecule has 150 valence electrons. The smallest absolute Gasteiger partial charge is 0.333 e. The second-order valence-electron chi connectivity index (χ2n) is 6.10. The molecule has 2 amide bonds. The first-order valence-electron chi connectivity index (χ1n) is 8.64. The minimum absolute atomic E-state index is 0.142. The Morgan fingerprint density at radius 2 is 1.71 bits per heavy atom. The van der Waals surface area contributed by atoms with Crippen LogP contribution in [0.2, 0.25) is 0 Å². The highest BCUT2D eigenvalue weighted by atomic mass is 32.2. The lowest BCUT2D eigenvalue weighted by molar-refractivity contribution is -0.137. The minimum atomic E-state index is -4.57. The van der Waals surface area contributed by atoms with Crippen LogP contribution in [0.5, 0.6) is 0 Å². The molecule has 8 heteroatoms. The molecule has 0 saturated heterocycles. The van der Waals surface area contributed by atoms with Crippen LogP contribution < -0.4 is 5.32 Å². The summed E-state index contributed by atoms with van der Waals surface area (Å²) in [6.07, 6.45) is -4.57. The minimum Gasteiger partial charge on any atom is -0.333 e. The molecule has 0 radical (unpaired) electrons. The van der Waals surface area contributed by atoms with E-state index in [1.54, 1.807) is 6.92 Å². The van der Waals surface area contributed by atoms with Gasteiger partial charge >= 0.3 is 6.18 Å². The van der Waals surface area contributed by atoms with Crippen LogP contribution in [0.25, 0.3) is 0 Å². The number of halogens is 3. The normalized spacial score (nSPS) is 11.2. The largest absolute Gasteiger partial charge is 0.418 e. The Kier molecular flexibility index (Phi) is 7.51. The number of thioether (sulfide) groups is 1. The molecule has 0 bridgehead atoms. The van der Waals surface area contributed by atoms with Crippen LogP contribution in [-0.2, 0) is 15.8 Å². The molecule has 0 heterocycles. The van der Waals surface area contributed by atoms with Gasteiger partial charge in [-0.15, -0.1) is 11.8 Å². The Labute approximate surface area is 166 Å². The van der Waals surface area contributed by atoms with Gasteiger partial charge in [0.1, 0.15) is 0 Å². The van der Waals surface area contributed by atoms with Gasteiger partial charge in [0.15, 0.2) is 0 Å². The van der Waals surface area contributed by atoms with Crippen LogP contribution in [-0.4, -0.2) is 35.6 Å². The van der Waals surface area contributed by atoms with Crippen LogP contribution in [0.1, 0.15) is 18.1 Å². The number of amides is 2. The molecule has 0 aliphatic heterocycles. The van der Waals surface area contributed by atoms with Crippen LogP contribution >= 0.6 is 11.8 Å². The van der Waals surface area contributed by atoms with E-state index in [1.807, 2.05) is 31.2 Å². The van der Waals surface area contributed by atoms with E-state index >= 15 is 0 Å². The Hall–Kier alpha value is -2.48. The third-order valence-electron chi connectivity index (χ3n) is 3.96. The predicted octanol–water partition coefficient (Wildman–Crippen LogP) is 4.59. The summed E-state index contributed by atoms with van der Waals surface area (Å²) in [6.45, 7) is 3.65. The van der Waals surface area contributed by atoms with Gasteiger partial charge < -0.3 is 10.2 Å². The van der Waals surface area contributed by atoms with Crippen LogP contribution in [0, 0.1) is 6.92 Å². The van der Waals surface area contributed by atoms with Gasteiger partial charge in [0.05, 0.1) is 23.5 Å². The number of benzene rings is 2. The quantitative estimate of drug-likeness (QED) is 0.679. The zero-order chi connectivity index (χ0) is 20.7. The van der Waals surface area contributed by atoms with E-state index < -0.39 is 17.6 Å². The first-order chi connectivity index (χ1) is 13.2. The maximum absolute atomic E-state index is 13.0. The number of rotatable bonds is 7. The van der Waals surface area contributed by atoms with Gasteiger partial charge in [0.25, 0.3) is 0 Å². The predicted molar refractivity (Wildman–Crippen MR) is 104 cm³/mol. The maximum atomic E-state index is 13.0. The summed E-state index contributed by atoms with van der Waals surface area (Å²) in [7, 11) is 0. The number of likely N-dealkylation sites (N-methyl/N-ethyl adjacent to an activating group) is 1. The Bertz CT molecular complexity index is 823. The summed E-state index contributed by atoms with van der Waals surface area (Å²) in [6, 6.07) is 12.4. The lowest BCUT2D eigenvalue weighted by atomic mass is 10.1. The zero-order valence-corrected chi connectivity index (χ0v) is 16.4. The van der Waals surface area contributed by atoms with E-state index in [0.717, 1.165) is 16.5 Å². The number of alkyl halides is 3. The molecule has 0 aliphatic carbocycles. The second kappa shape index (κ2) is 9.64. The summed E-state index contributed by atoms with van der Waals surface area (Å²) in [4.78, 5) is 26.8. The van der Waals surface area contributed by atoms with Crippen molar-refractivity contribution in [2.45, 2.75) is 24.9 Å². The average molecular weight is 410 g/mol. The van der Waals surface area contributed by atoms with Crippen molar-refractivity contribution in [3.05, 3.63) is 59.7 Å². The van der Waals surface area contributed by atoms with E-state index in [1.165, 1.54) is 34.9 Å². The number of nitrogens with one attached hydrogen (secondary N) is 1. The SMILES string of the molecule is CCN(CC(=O)Nc1ccccc1C(F)(F)F)C(=O)CSc1ccc(C)cc1. The number of anilines is 1. The van der Waals surface area contributed by atoms with E-state index in [4.69, 9.17) is 0 Å². The highest BCUT2D eigenvalue weighted by molar-refractivity contribution is 8.00. The number of carbonyl (C=O) groups is 2.